The molecule has 0 atom stereocenters. The number of aromatic nitrogens is 2. The second kappa shape index (κ2) is 7.55. The van der Waals surface area contributed by atoms with E-state index in [9.17, 15) is 4.79 Å². The summed E-state index contributed by atoms with van der Waals surface area (Å²) in [4.78, 5) is 15.6. The number of unbranched alkanes of at least 4 members (excludes halogenated alkanes) is 1. The lowest BCUT2D eigenvalue weighted by Gasteiger charge is -2.07. The van der Waals surface area contributed by atoms with Gasteiger partial charge in [0.25, 0.3) is 0 Å². The molecule has 0 saturated carbocycles. The number of hydrogen-bond donors (Lipinski definition) is 2. The molecule has 20 heavy (non-hydrogen) atoms. The van der Waals surface area contributed by atoms with Crippen molar-refractivity contribution in [3.05, 3.63) is 48.0 Å². The summed E-state index contributed by atoms with van der Waals surface area (Å²) in [6.45, 7) is 1.56. The van der Waals surface area contributed by atoms with Crippen LogP contribution in [0.1, 0.15) is 12.8 Å². The number of carbonyl (C=O) groups excluding carboxylic acids is 1. The molecule has 2 amide bonds. The summed E-state index contributed by atoms with van der Waals surface area (Å²) in [7, 11) is 0. The average Bonchev–Trinajstić information content (AvgIpc) is 2.94. The lowest BCUT2D eigenvalue weighted by molar-refractivity contribution is 0.252. The van der Waals surface area contributed by atoms with E-state index in [1.807, 2.05) is 10.8 Å². The maximum atomic E-state index is 11.6. The number of amides is 2. The van der Waals surface area contributed by atoms with Gasteiger partial charge in [-0.05, 0) is 37.1 Å². The summed E-state index contributed by atoms with van der Waals surface area (Å²) in [5.41, 5.74) is 0.727. The molecule has 0 unspecified atom stereocenters. The number of benzene rings is 1. The molecule has 6 heteroatoms. The van der Waals surface area contributed by atoms with E-state index in [1.54, 1.807) is 36.8 Å². The number of nitrogens with zero attached hydrogens (tertiary/aromatic N) is 2. The maximum absolute atomic E-state index is 11.6. The Morgan fingerprint density at radius 2 is 2.05 bits per heavy atom. The van der Waals surface area contributed by atoms with Crippen LogP contribution in [0.5, 0.6) is 0 Å². The van der Waals surface area contributed by atoms with Crippen molar-refractivity contribution in [1.29, 1.82) is 0 Å². The summed E-state index contributed by atoms with van der Waals surface area (Å²) >= 11 is 5.77. The highest BCUT2D eigenvalue weighted by molar-refractivity contribution is 6.30. The highest BCUT2D eigenvalue weighted by Crippen LogP contribution is 2.12. The van der Waals surface area contributed by atoms with Gasteiger partial charge in [0, 0.05) is 36.2 Å². The van der Waals surface area contributed by atoms with Crippen molar-refractivity contribution in [1.82, 2.24) is 14.9 Å². The molecule has 106 valence electrons. The van der Waals surface area contributed by atoms with Gasteiger partial charge in [0.1, 0.15) is 0 Å². The van der Waals surface area contributed by atoms with Gasteiger partial charge >= 0.3 is 6.03 Å². The number of aryl methyl sites for hydroxylation is 1. The molecule has 0 aliphatic rings. The number of carbonyl (C=O) groups is 1. The van der Waals surface area contributed by atoms with Crippen LogP contribution in [0.4, 0.5) is 10.5 Å². The van der Waals surface area contributed by atoms with Gasteiger partial charge < -0.3 is 15.2 Å². The van der Waals surface area contributed by atoms with Gasteiger partial charge in [-0.2, -0.15) is 0 Å². The second-order valence-corrected chi connectivity index (χ2v) is 4.83. The topological polar surface area (TPSA) is 59.0 Å². The Bertz CT molecular complexity index is 525. The second-order valence-electron chi connectivity index (χ2n) is 4.40. The van der Waals surface area contributed by atoms with Crippen LogP contribution in [0.15, 0.2) is 43.0 Å². The van der Waals surface area contributed by atoms with Crippen molar-refractivity contribution >= 4 is 23.3 Å². The Morgan fingerprint density at radius 1 is 1.25 bits per heavy atom. The largest absolute Gasteiger partial charge is 0.338 e. The summed E-state index contributed by atoms with van der Waals surface area (Å²) in [5, 5.41) is 6.22. The molecule has 0 spiro atoms. The lowest BCUT2D eigenvalue weighted by Crippen LogP contribution is -2.29. The average molecular weight is 293 g/mol. The summed E-state index contributed by atoms with van der Waals surface area (Å²) in [5.74, 6) is 0. The summed E-state index contributed by atoms with van der Waals surface area (Å²) in [6, 6.07) is 6.81. The fraction of sp³-hybridized carbons (Fsp3) is 0.286. The third kappa shape index (κ3) is 4.93. The van der Waals surface area contributed by atoms with Gasteiger partial charge in [-0.1, -0.05) is 11.6 Å². The number of rotatable bonds is 6. The van der Waals surface area contributed by atoms with E-state index < -0.39 is 0 Å². The molecule has 2 N–H and O–H groups in total. The van der Waals surface area contributed by atoms with E-state index in [2.05, 4.69) is 15.6 Å². The van der Waals surface area contributed by atoms with Gasteiger partial charge in [-0.25, -0.2) is 9.78 Å². The van der Waals surface area contributed by atoms with Crippen LogP contribution in [0.2, 0.25) is 5.02 Å². The summed E-state index contributed by atoms with van der Waals surface area (Å²) < 4.78 is 2.02. The third-order valence-corrected chi connectivity index (χ3v) is 3.04. The fourth-order valence-corrected chi connectivity index (χ4v) is 1.87. The standard InChI is InChI=1S/C14H17ClN4O/c15-12-3-5-13(6-4-12)18-14(20)17-7-1-2-9-19-10-8-16-11-19/h3-6,8,10-11H,1-2,7,9H2,(H2,17,18,20). The lowest BCUT2D eigenvalue weighted by atomic mass is 10.3. The van der Waals surface area contributed by atoms with Crippen molar-refractivity contribution in [2.24, 2.45) is 0 Å². The zero-order valence-corrected chi connectivity index (χ0v) is 11.8. The van der Waals surface area contributed by atoms with Gasteiger partial charge in [-0.3, -0.25) is 0 Å². The van der Waals surface area contributed by atoms with Crippen LogP contribution in [-0.4, -0.2) is 22.1 Å². The Hall–Kier alpha value is -2.01. The zero-order chi connectivity index (χ0) is 14.2. The molecular weight excluding hydrogens is 276 g/mol. The molecule has 5 nitrogen and oxygen atoms in total. The van der Waals surface area contributed by atoms with Crippen molar-refractivity contribution in [2.45, 2.75) is 19.4 Å². The first-order valence-corrected chi connectivity index (χ1v) is 6.88. The molecule has 0 radical (unpaired) electrons. The molecule has 0 bridgehead atoms. The van der Waals surface area contributed by atoms with Crippen LogP contribution in [0.25, 0.3) is 0 Å². The minimum atomic E-state index is -0.199. The Morgan fingerprint density at radius 3 is 2.75 bits per heavy atom. The quantitative estimate of drug-likeness (QED) is 0.804. The molecule has 0 aliphatic carbocycles. The van der Waals surface area contributed by atoms with Crippen LogP contribution in [0, 0.1) is 0 Å². The smallest absolute Gasteiger partial charge is 0.319 e. The van der Waals surface area contributed by atoms with Crippen LogP contribution in [0.3, 0.4) is 0 Å². The third-order valence-electron chi connectivity index (χ3n) is 2.79. The molecular formula is C14H17ClN4O. The molecule has 0 aliphatic heterocycles. The van der Waals surface area contributed by atoms with Gasteiger partial charge in [0.15, 0.2) is 0 Å². The first-order valence-electron chi connectivity index (χ1n) is 6.50. The van der Waals surface area contributed by atoms with E-state index in [0.717, 1.165) is 25.1 Å². The van der Waals surface area contributed by atoms with Gasteiger partial charge in [0.2, 0.25) is 0 Å². The van der Waals surface area contributed by atoms with Crippen molar-refractivity contribution < 1.29 is 4.79 Å². The molecule has 1 aromatic carbocycles. The van der Waals surface area contributed by atoms with Crippen LogP contribution < -0.4 is 10.6 Å². The van der Waals surface area contributed by atoms with Gasteiger partial charge in [0.05, 0.1) is 6.33 Å². The molecule has 1 aromatic heterocycles. The highest BCUT2D eigenvalue weighted by atomic mass is 35.5. The molecule has 1 heterocycles. The predicted molar refractivity (Wildman–Crippen MR) is 79.9 cm³/mol. The molecule has 2 aromatic rings. The number of imidazole rings is 1. The van der Waals surface area contributed by atoms with E-state index in [0.29, 0.717) is 11.6 Å². The maximum Gasteiger partial charge on any atom is 0.319 e. The number of anilines is 1. The minimum Gasteiger partial charge on any atom is -0.338 e. The van der Waals surface area contributed by atoms with Crippen molar-refractivity contribution in [3.63, 3.8) is 0 Å². The number of nitrogens with one attached hydrogen (secondary N) is 2. The summed E-state index contributed by atoms with van der Waals surface area (Å²) in [6.07, 6.45) is 7.41. The van der Waals surface area contributed by atoms with E-state index in [4.69, 9.17) is 11.6 Å². The van der Waals surface area contributed by atoms with Gasteiger partial charge in [-0.15, -0.1) is 0 Å². The monoisotopic (exact) mass is 292 g/mol. The van der Waals surface area contributed by atoms with Crippen LogP contribution in [-0.2, 0) is 6.54 Å². The minimum absolute atomic E-state index is 0.199. The number of urea groups is 1. The number of halogens is 1. The van der Waals surface area contributed by atoms with E-state index in [1.165, 1.54) is 0 Å². The molecule has 0 saturated heterocycles. The SMILES string of the molecule is O=C(NCCCCn1ccnc1)Nc1ccc(Cl)cc1. The Labute approximate surface area is 123 Å². The zero-order valence-electron chi connectivity index (χ0n) is 11.1. The molecule has 0 fully saturated rings. The highest BCUT2D eigenvalue weighted by Gasteiger charge is 2.00. The normalized spacial score (nSPS) is 10.2. The fourth-order valence-electron chi connectivity index (χ4n) is 1.75. The Balaban J connectivity index is 1.59. The van der Waals surface area contributed by atoms with Crippen molar-refractivity contribution in [2.75, 3.05) is 11.9 Å². The first kappa shape index (κ1) is 14.4. The van der Waals surface area contributed by atoms with Crippen molar-refractivity contribution in [3.8, 4) is 0 Å². The van der Waals surface area contributed by atoms with E-state index in [-0.39, 0.29) is 6.03 Å². The molecule has 2 rings (SSSR count). The van der Waals surface area contributed by atoms with Crippen LogP contribution >= 0.6 is 11.6 Å². The first-order chi connectivity index (χ1) is 9.74. The predicted octanol–water partition coefficient (Wildman–Crippen LogP) is 3.14. The van der Waals surface area contributed by atoms with E-state index >= 15 is 0 Å². The number of hydrogen-bond acceptors (Lipinski definition) is 2. The Kier molecular flexibility index (Phi) is 5.43.